The van der Waals surface area contributed by atoms with Crippen LogP contribution < -0.4 is 0 Å². The van der Waals surface area contributed by atoms with Crippen LogP contribution in [0.15, 0.2) is 24.3 Å². The second kappa shape index (κ2) is 4.08. The van der Waals surface area contributed by atoms with Crippen LogP contribution in [0.1, 0.15) is 33.6 Å². The number of fused-ring (bicyclic) bond motifs is 2. The molecule has 2 bridgehead atoms. The van der Waals surface area contributed by atoms with E-state index in [2.05, 4.69) is 12.2 Å². The lowest BCUT2D eigenvalue weighted by molar-refractivity contribution is -0.148. The zero-order valence-corrected chi connectivity index (χ0v) is 10.3. The van der Waals surface area contributed by atoms with Crippen LogP contribution in [0, 0.1) is 17.8 Å². The lowest BCUT2D eigenvalue weighted by Crippen LogP contribution is -2.22. The Morgan fingerprint density at radius 1 is 1.31 bits per heavy atom. The molecule has 0 spiro atoms. The predicted molar refractivity (Wildman–Crippen MR) is 63.8 cm³/mol. The average molecular weight is 220 g/mol. The van der Waals surface area contributed by atoms with E-state index in [-0.39, 0.29) is 5.97 Å². The minimum atomic E-state index is -0.393. The number of ether oxygens (including phenoxy) is 1. The van der Waals surface area contributed by atoms with Gasteiger partial charge in [0, 0.05) is 6.08 Å². The third kappa shape index (κ3) is 2.75. The summed E-state index contributed by atoms with van der Waals surface area (Å²) in [7, 11) is 0. The Morgan fingerprint density at radius 3 is 2.56 bits per heavy atom. The summed E-state index contributed by atoms with van der Waals surface area (Å²) >= 11 is 0. The molecule has 0 heterocycles. The van der Waals surface area contributed by atoms with Crippen LogP contribution >= 0.6 is 0 Å². The Labute approximate surface area is 97.4 Å². The molecule has 0 aromatic heterocycles. The molecule has 0 saturated heterocycles. The number of allylic oxidation sites excluding steroid dienone is 3. The van der Waals surface area contributed by atoms with Gasteiger partial charge >= 0.3 is 5.97 Å². The molecule has 0 aromatic rings. The van der Waals surface area contributed by atoms with Crippen LogP contribution in [-0.4, -0.2) is 11.6 Å². The number of esters is 1. The minimum Gasteiger partial charge on any atom is -0.457 e. The van der Waals surface area contributed by atoms with Crippen LogP contribution in [-0.2, 0) is 9.53 Å². The van der Waals surface area contributed by atoms with Crippen molar-refractivity contribution in [2.24, 2.45) is 17.8 Å². The Bertz CT molecular complexity index is 333. The maximum Gasteiger partial charge on any atom is 0.330 e. The standard InChI is InChI=1S/C14H20O2/c1-14(2,3)16-13(15)7-6-12-9-10-4-5-11(12)8-10/h4-7,10-12H,8-9H2,1-3H3/b7-6+/t10-,11+,12+/m1/s1. The van der Waals surface area contributed by atoms with Gasteiger partial charge < -0.3 is 4.74 Å². The summed E-state index contributed by atoms with van der Waals surface area (Å²) in [6, 6.07) is 0. The predicted octanol–water partition coefficient (Wildman–Crippen LogP) is 3.10. The van der Waals surface area contributed by atoms with Crippen LogP contribution in [0.25, 0.3) is 0 Å². The molecule has 0 unspecified atom stereocenters. The highest BCUT2D eigenvalue weighted by Crippen LogP contribution is 2.43. The molecule has 1 fully saturated rings. The molecule has 0 aromatic carbocycles. The molecule has 0 radical (unpaired) electrons. The fourth-order valence-electron chi connectivity index (χ4n) is 2.58. The molecule has 2 aliphatic rings. The number of hydrogen-bond acceptors (Lipinski definition) is 2. The Kier molecular flexibility index (Phi) is 2.92. The largest absolute Gasteiger partial charge is 0.457 e. The van der Waals surface area contributed by atoms with Crippen molar-refractivity contribution < 1.29 is 9.53 Å². The third-order valence-electron chi connectivity index (χ3n) is 3.22. The van der Waals surface area contributed by atoms with Crippen molar-refractivity contribution in [1.82, 2.24) is 0 Å². The van der Waals surface area contributed by atoms with Gasteiger partial charge in [-0.05, 0) is 51.4 Å². The zero-order chi connectivity index (χ0) is 11.8. The second-order valence-corrected chi connectivity index (χ2v) is 5.84. The summed E-state index contributed by atoms with van der Waals surface area (Å²) in [4.78, 5) is 11.5. The normalized spacial score (nSPS) is 32.6. The van der Waals surface area contributed by atoms with Crippen molar-refractivity contribution in [2.75, 3.05) is 0 Å². The third-order valence-corrected chi connectivity index (χ3v) is 3.22. The smallest absolute Gasteiger partial charge is 0.330 e. The monoisotopic (exact) mass is 220 g/mol. The van der Waals surface area contributed by atoms with Crippen molar-refractivity contribution >= 4 is 5.97 Å². The summed E-state index contributed by atoms with van der Waals surface area (Å²) in [5.74, 6) is 1.73. The van der Waals surface area contributed by atoms with Gasteiger partial charge in [0.25, 0.3) is 0 Å². The summed E-state index contributed by atoms with van der Waals surface area (Å²) in [6.45, 7) is 5.66. The molecule has 2 aliphatic carbocycles. The summed E-state index contributed by atoms with van der Waals surface area (Å²) in [6.07, 6.45) is 10.7. The number of carbonyl (C=O) groups is 1. The fraction of sp³-hybridized carbons (Fsp3) is 0.643. The first-order chi connectivity index (χ1) is 7.44. The van der Waals surface area contributed by atoms with E-state index in [1.807, 2.05) is 26.8 Å². The van der Waals surface area contributed by atoms with Crippen molar-refractivity contribution in [3.05, 3.63) is 24.3 Å². The van der Waals surface area contributed by atoms with E-state index in [9.17, 15) is 4.79 Å². The summed E-state index contributed by atoms with van der Waals surface area (Å²) < 4.78 is 5.23. The van der Waals surface area contributed by atoms with E-state index in [4.69, 9.17) is 4.74 Å². The molecule has 16 heavy (non-hydrogen) atoms. The molecule has 0 aliphatic heterocycles. The maximum absolute atomic E-state index is 11.5. The van der Waals surface area contributed by atoms with E-state index in [1.54, 1.807) is 6.08 Å². The Morgan fingerprint density at radius 2 is 2.06 bits per heavy atom. The van der Waals surface area contributed by atoms with Gasteiger partial charge in [-0.15, -0.1) is 0 Å². The average Bonchev–Trinajstić information content (AvgIpc) is 2.72. The number of carbonyl (C=O) groups excluding carboxylic acids is 1. The van der Waals surface area contributed by atoms with E-state index >= 15 is 0 Å². The molecule has 2 nitrogen and oxygen atoms in total. The second-order valence-electron chi connectivity index (χ2n) is 5.84. The van der Waals surface area contributed by atoms with Gasteiger partial charge in [-0.1, -0.05) is 18.2 Å². The van der Waals surface area contributed by atoms with E-state index in [1.165, 1.54) is 12.8 Å². The van der Waals surface area contributed by atoms with Gasteiger partial charge in [-0.25, -0.2) is 4.79 Å². The molecule has 88 valence electrons. The van der Waals surface area contributed by atoms with Crippen LogP contribution in [0.3, 0.4) is 0 Å². The fourth-order valence-corrected chi connectivity index (χ4v) is 2.58. The Balaban J connectivity index is 1.86. The zero-order valence-electron chi connectivity index (χ0n) is 10.3. The van der Waals surface area contributed by atoms with Gasteiger partial charge in [0.2, 0.25) is 0 Å². The first kappa shape index (κ1) is 11.4. The number of rotatable bonds is 2. The van der Waals surface area contributed by atoms with Crippen molar-refractivity contribution in [3.8, 4) is 0 Å². The van der Waals surface area contributed by atoms with Gasteiger partial charge in [-0.3, -0.25) is 0 Å². The first-order valence-corrected chi connectivity index (χ1v) is 6.03. The Hall–Kier alpha value is -1.05. The van der Waals surface area contributed by atoms with Crippen molar-refractivity contribution in [1.29, 1.82) is 0 Å². The highest BCUT2D eigenvalue weighted by atomic mass is 16.6. The van der Waals surface area contributed by atoms with E-state index in [0.717, 1.165) is 5.92 Å². The van der Waals surface area contributed by atoms with Crippen molar-refractivity contribution in [2.45, 2.75) is 39.2 Å². The maximum atomic E-state index is 11.5. The molecule has 0 amide bonds. The van der Waals surface area contributed by atoms with Gasteiger partial charge in [0.05, 0.1) is 0 Å². The van der Waals surface area contributed by atoms with Gasteiger partial charge in [-0.2, -0.15) is 0 Å². The first-order valence-electron chi connectivity index (χ1n) is 6.03. The van der Waals surface area contributed by atoms with Crippen LogP contribution in [0.2, 0.25) is 0 Å². The van der Waals surface area contributed by atoms with Crippen molar-refractivity contribution in [3.63, 3.8) is 0 Å². The summed E-state index contributed by atoms with van der Waals surface area (Å²) in [5.41, 5.74) is -0.393. The molecule has 2 heteroatoms. The minimum absolute atomic E-state index is 0.223. The lowest BCUT2D eigenvalue weighted by Gasteiger charge is -2.18. The van der Waals surface area contributed by atoms with E-state index in [0.29, 0.717) is 11.8 Å². The SMILES string of the molecule is CC(C)(C)OC(=O)/C=C/[C@H]1C[C@@H]2C=C[C@H]1C2. The molecule has 0 N–H and O–H groups in total. The van der Waals surface area contributed by atoms with Crippen LogP contribution in [0.4, 0.5) is 0 Å². The lowest BCUT2D eigenvalue weighted by atomic mass is 9.93. The molecule has 3 atom stereocenters. The highest BCUT2D eigenvalue weighted by molar-refractivity contribution is 5.82. The molecule has 1 saturated carbocycles. The van der Waals surface area contributed by atoms with Gasteiger partial charge in [0.1, 0.15) is 5.60 Å². The molecular weight excluding hydrogens is 200 g/mol. The molecule has 2 rings (SSSR count). The van der Waals surface area contributed by atoms with Crippen LogP contribution in [0.5, 0.6) is 0 Å². The van der Waals surface area contributed by atoms with Gasteiger partial charge in [0.15, 0.2) is 0 Å². The molecular formula is C14H20O2. The van der Waals surface area contributed by atoms with E-state index < -0.39 is 5.60 Å². The summed E-state index contributed by atoms with van der Waals surface area (Å²) in [5, 5.41) is 0. The topological polar surface area (TPSA) is 26.3 Å². The number of hydrogen-bond donors (Lipinski definition) is 0. The quantitative estimate of drug-likeness (QED) is 0.406. The highest BCUT2D eigenvalue weighted by Gasteiger charge is 2.33.